The third-order valence-electron chi connectivity index (χ3n) is 7.00. The fraction of sp³-hybridized carbons (Fsp3) is 0.467. The Labute approximate surface area is 230 Å². The number of carbonyl (C=O) groups is 3. The second-order valence-electron chi connectivity index (χ2n) is 11.4. The minimum absolute atomic E-state index is 0.0330. The van der Waals surface area contributed by atoms with Crippen molar-refractivity contribution in [3.05, 3.63) is 59.2 Å². The number of nitriles is 1. The molecule has 0 bridgehead atoms. The molecule has 0 aromatic heterocycles. The molecule has 2 N–H and O–H groups in total. The van der Waals surface area contributed by atoms with Crippen LogP contribution in [0.3, 0.4) is 0 Å². The Bertz CT molecular complexity index is 1230. The van der Waals surface area contributed by atoms with Crippen LogP contribution in [0, 0.1) is 16.7 Å². The van der Waals surface area contributed by atoms with Crippen molar-refractivity contribution in [1.82, 2.24) is 15.1 Å². The lowest BCUT2D eigenvalue weighted by Gasteiger charge is -2.37. The van der Waals surface area contributed by atoms with Crippen molar-refractivity contribution >= 4 is 29.1 Å². The van der Waals surface area contributed by atoms with Crippen LogP contribution in [0.15, 0.2) is 42.5 Å². The summed E-state index contributed by atoms with van der Waals surface area (Å²) in [6.07, 6.45) is 1.26. The largest absolute Gasteiger partial charge is 0.366 e. The van der Waals surface area contributed by atoms with Crippen LogP contribution in [-0.4, -0.2) is 79.9 Å². The van der Waals surface area contributed by atoms with Crippen LogP contribution in [0.4, 0.5) is 11.4 Å². The van der Waals surface area contributed by atoms with E-state index in [1.807, 2.05) is 37.8 Å². The number of carbonyl (C=O) groups excluding carboxylic acids is 3. The average Bonchev–Trinajstić information content (AvgIpc) is 3.21. The molecule has 9 heteroatoms. The number of nitrogens with zero attached hydrogens (tertiary/aromatic N) is 4. The summed E-state index contributed by atoms with van der Waals surface area (Å²) in [6, 6.07) is 14.3. The predicted octanol–water partition coefficient (Wildman–Crippen LogP) is 3.33. The lowest BCUT2D eigenvalue weighted by Crippen LogP contribution is -2.49. The van der Waals surface area contributed by atoms with Crippen LogP contribution in [0.5, 0.6) is 0 Å². The fourth-order valence-electron chi connectivity index (χ4n) is 4.97. The van der Waals surface area contributed by atoms with Crippen LogP contribution >= 0.6 is 0 Å². The number of benzene rings is 2. The van der Waals surface area contributed by atoms with Crippen molar-refractivity contribution in [1.29, 1.82) is 5.26 Å². The first-order valence-corrected chi connectivity index (χ1v) is 13.6. The van der Waals surface area contributed by atoms with Gasteiger partial charge in [0, 0.05) is 63.4 Å². The summed E-state index contributed by atoms with van der Waals surface area (Å²) in [6.45, 7) is 11.3. The molecule has 2 aromatic rings. The molecule has 2 fully saturated rings. The van der Waals surface area contributed by atoms with Crippen molar-refractivity contribution in [2.45, 2.75) is 33.6 Å². The maximum atomic E-state index is 13.3. The van der Waals surface area contributed by atoms with Gasteiger partial charge >= 0.3 is 0 Å². The number of rotatable bonds is 5. The zero-order valence-electron chi connectivity index (χ0n) is 23.1. The smallest absolute Gasteiger partial charge is 0.253 e. The van der Waals surface area contributed by atoms with Crippen molar-refractivity contribution < 1.29 is 14.4 Å². The standard InChI is InChI=1S/C30H38N6O3/c1-30(2,3)20-27(37)33-25-19-24(29(39)35-13-4-11-32-12-14-35)9-10-26(25)34-15-17-36(18-16-34)28(38)23-7-5-22(21-31)6-8-23/h5-10,19,32H,4,11-18,20H2,1-3H3,(H,33,37). The summed E-state index contributed by atoms with van der Waals surface area (Å²) in [7, 11) is 0. The first-order valence-electron chi connectivity index (χ1n) is 13.6. The second kappa shape index (κ2) is 12.3. The van der Waals surface area contributed by atoms with Crippen molar-refractivity contribution in [2.24, 2.45) is 5.41 Å². The highest BCUT2D eigenvalue weighted by Gasteiger charge is 2.26. The van der Waals surface area contributed by atoms with E-state index in [0.717, 1.165) is 25.2 Å². The van der Waals surface area contributed by atoms with E-state index in [-0.39, 0.29) is 23.1 Å². The fourth-order valence-corrected chi connectivity index (χ4v) is 4.97. The van der Waals surface area contributed by atoms with Gasteiger partial charge in [0.15, 0.2) is 0 Å². The Kier molecular flexibility index (Phi) is 8.87. The molecule has 206 valence electrons. The molecule has 0 radical (unpaired) electrons. The highest BCUT2D eigenvalue weighted by atomic mass is 16.2. The minimum atomic E-state index is -0.172. The van der Waals surface area contributed by atoms with Gasteiger partial charge in [0.05, 0.1) is 23.0 Å². The van der Waals surface area contributed by atoms with Crippen LogP contribution in [0.2, 0.25) is 0 Å². The third-order valence-corrected chi connectivity index (χ3v) is 7.00. The van der Waals surface area contributed by atoms with Gasteiger partial charge in [0.25, 0.3) is 11.8 Å². The molecule has 2 saturated heterocycles. The maximum absolute atomic E-state index is 13.3. The zero-order chi connectivity index (χ0) is 28.0. The Morgan fingerprint density at radius 3 is 2.18 bits per heavy atom. The zero-order valence-corrected chi connectivity index (χ0v) is 23.1. The van der Waals surface area contributed by atoms with Gasteiger partial charge in [-0.15, -0.1) is 0 Å². The van der Waals surface area contributed by atoms with Crippen LogP contribution in [0.25, 0.3) is 0 Å². The molecule has 0 aliphatic carbocycles. The van der Waals surface area contributed by atoms with Gasteiger partial charge in [-0.1, -0.05) is 20.8 Å². The molecule has 2 aliphatic heterocycles. The summed E-state index contributed by atoms with van der Waals surface area (Å²) < 4.78 is 0. The molecule has 2 aliphatic rings. The first kappa shape index (κ1) is 28.1. The van der Waals surface area contributed by atoms with Crippen molar-refractivity contribution in [3.8, 4) is 6.07 Å². The SMILES string of the molecule is CC(C)(C)CC(=O)Nc1cc(C(=O)N2CCCNCC2)ccc1N1CCN(C(=O)c2ccc(C#N)cc2)CC1. The molecule has 0 atom stereocenters. The van der Waals surface area contributed by atoms with Gasteiger partial charge in [0.1, 0.15) is 0 Å². The van der Waals surface area contributed by atoms with E-state index >= 15 is 0 Å². The van der Waals surface area contributed by atoms with Gasteiger partial charge < -0.3 is 25.3 Å². The summed E-state index contributed by atoms with van der Waals surface area (Å²) in [4.78, 5) is 45.1. The lowest BCUT2D eigenvalue weighted by atomic mass is 9.92. The average molecular weight is 531 g/mol. The molecule has 0 spiro atoms. The van der Waals surface area contributed by atoms with Crippen molar-refractivity contribution in [3.63, 3.8) is 0 Å². The van der Waals surface area contributed by atoms with Gasteiger partial charge in [-0.2, -0.15) is 5.26 Å². The van der Waals surface area contributed by atoms with E-state index in [1.165, 1.54) is 0 Å². The summed E-state index contributed by atoms with van der Waals surface area (Å²) >= 11 is 0. The van der Waals surface area contributed by atoms with E-state index < -0.39 is 0 Å². The highest BCUT2D eigenvalue weighted by molar-refractivity contribution is 6.00. The van der Waals surface area contributed by atoms with E-state index in [9.17, 15) is 14.4 Å². The van der Waals surface area contributed by atoms with Gasteiger partial charge in [0.2, 0.25) is 5.91 Å². The van der Waals surface area contributed by atoms with Crippen LogP contribution in [0.1, 0.15) is 59.9 Å². The molecule has 9 nitrogen and oxygen atoms in total. The maximum Gasteiger partial charge on any atom is 0.253 e. The summed E-state index contributed by atoms with van der Waals surface area (Å²) in [5.41, 5.74) is 2.93. The lowest BCUT2D eigenvalue weighted by molar-refractivity contribution is -0.117. The van der Waals surface area contributed by atoms with Crippen LogP contribution in [-0.2, 0) is 4.79 Å². The number of hydrogen-bond acceptors (Lipinski definition) is 6. The minimum Gasteiger partial charge on any atom is -0.366 e. The quantitative estimate of drug-likeness (QED) is 0.614. The molecule has 0 unspecified atom stereocenters. The van der Waals surface area contributed by atoms with Gasteiger partial charge in [-0.05, 0) is 60.8 Å². The summed E-state index contributed by atoms with van der Waals surface area (Å²) in [5.74, 6) is -0.193. The topological polar surface area (TPSA) is 109 Å². The van der Waals surface area contributed by atoms with Gasteiger partial charge in [-0.3, -0.25) is 14.4 Å². The van der Waals surface area contributed by atoms with Gasteiger partial charge in [-0.25, -0.2) is 0 Å². The normalized spacial score (nSPS) is 16.3. The van der Waals surface area contributed by atoms with Crippen LogP contribution < -0.4 is 15.5 Å². The first-order chi connectivity index (χ1) is 18.6. The number of anilines is 2. The molecule has 2 aromatic carbocycles. The monoisotopic (exact) mass is 530 g/mol. The Hall–Kier alpha value is -3.90. The van der Waals surface area contributed by atoms with E-state index in [0.29, 0.717) is 68.1 Å². The highest BCUT2D eigenvalue weighted by Crippen LogP contribution is 2.30. The Balaban J connectivity index is 1.51. The number of amides is 3. The molecule has 3 amide bonds. The van der Waals surface area contributed by atoms with E-state index in [2.05, 4.69) is 21.6 Å². The third kappa shape index (κ3) is 7.36. The molecular formula is C30H38N6O3. The van der Waals surface area contributed by atoms with Crippen molar-refractivity contribution in [2.75, 3.05) is 62.6 Å². The predicted molar refractivity (Wildman–Crippen MR) is 152 cm³/mol. The molecule has 0 saturated carbocycles. The number of nitrogens with one attached hydrogen (secondary N) is 2. The second-order valence-corrected chi connectivity index (χ2v) is 11.4. The van der Waals surface area contributed by atoms with E-state index in [4.69, 9.17) is 5.26 Å². The number of piperazine rings is 1. The Morgan fingerprint density at radius 1 is 0.872 bits per heavy atom. The van der Waals surface area contributed by atoms with E-state index in [1.54, 1.807) is 35.2 Å². The Morgan fingerprint density at radius 2 is 1.51 bits per heavy atom. The molecule has 39 heavy (non-hydrogen) atoms. The number of hydrogen-bond donors (Lipinski definition) is 2. The summed E-state index contributed by atoms with van der Waals surface area (Å²) in [5, 5.41) is 15.4. The molecular weight excluding hydrogens is 492 g/mol. The molecule has 4 rings (SSSR count). The molecule has 2 heterocycles.